The van der Waals surface area contributed by atoms with Gasteiger partial charge in [-0.15, -0.1) is 0 Å². The standard InChI is InChI=1S/C15H33NO3/c1-3-5-8-14(7-4-2)9-6-10-16-15(11-17,12-18)13-19/h14,16-19H,3-13H2,1-2H3. The Morgan fingerprint density at radius 3 is 1.89 bits per heavy atom. The van der Waals surface area contributed by atoms with Crippen molar-refractivity contribution in [2.45, 2.75) is 64.3 Å². The fraction of sp³-hybridized carbons (Fsp3) is 1.00. The number of aliphatic hydroxyl groups excluding tert-OH is 3. The number of aliphatic hydroxyl groups is 3. The van der Waals surface area contributed by atoms with E-state index in [1.54, 1.807) is 0 Å². The Kier molecular flexibility index (Phi) is 11.6. The molecule has 19 heavy (non-hydrogen) atoms. The highest BCUT2D eigenvalue weighted by atomic mass is 16.3. The van der Waals surface area contributed by atoms with Crippen LogP contribution in [0.1, 0.15) is 58.8 Å². The third-order valence-corrected chi connectivity index (χ3v) is 3.86. The van der Waals surface area contributed by atoms with Crippen molar-refractivity contribution in [3.8, 4) is 0 Å². The van der Waals surface area contributed by atoms with Crippen LogP contribution in [0.4, 0.5) is 0 Å². The largest absolute Gasteiger partial charge is 0.394 e. The number of rotatable bonds is 13. The minimum Gasteiger partial charge on any atom is -0.394 e. The molecular weight excluding hydrogens is 242 g/mol. The van der Waals surface area contributed by atoms with Crippen LogP contribution in [0.5, 0.6) is 0 Å². The molecule has 0 fully saturated rings. The van der Waals surface area contributed by atoms with Crippen LogP contribution in [0.25, 0.3) is 0 Å². The van der Waals surface area contributed by atoms with Gasteiger partial charge in [0, 0.05) is 0 Å². The summed E-state index contributed by atoms with van der Waals surface area (Å²) in [6.45, 7) is 4.46. The third-order valence-electron chi connectivity index (χ3n) is 3.86. The van der Waals surface area contributed by atoms with Crippen LogP contribution in [0.2, 0.25) is 0 Å². The molecule has 0 rings (SSSR count). The van der Waals surface area contributed by atoms with E-state index in [0.717, 1.165) is 18.9 Å². The normalized spacial score (nSPS) is 13.7. The van der Waals surface area contributed by atoms with Gasteiger partial charge in [0.25, 0.3) is 0 Å². The van der Waals surface area contributed by atoms with Crippen molar-refractivity contribution in [2.24, 2.45) is 5.92 Å². The molecule has 4 N–H and O–H groups in total. The summed E-state index contributed by atoms with van der Waals surface area (Å²) in [6.07, 6.45) is 8.57. The van der Waals surface area contributed by atoms with E-state index in [1.807, 2.05) is 0 Å². The molecule has 0 aromatic rings. The lowest BCUT2D eigenvalue weighted by molar-refractivity contribution is 0.0423. The summed E-state index contributed by atoms with van der Waals surface area (Å²) in [4.78, 5) is 0. The molecular formula is C15H33NO3. The first kappa shape index (κ1) is 18.8. The quantitative estimate of drug-likeness (QED) is 0.386. The van der Waals surface area contributed by atoms with Crippen molar-refractivity contribution in [1.29, 1.82) is 0 Å². The molecule has 0 aliphatic heterocycles. The van der Waals surface area contributed by atoms with Crippen molar-refractivity contribution >= 4 is 0 Å². The predicted octanol–water partition coefficient (Wildman–Crippen LogP) is 1.68. The second-order valence-corrected chi connectivity index (χ2v) is 5.62. The van der Waals surface area contributed by atoms with Gasteiger partial charge in [-0.1, -0.05) is 46.0 Å². The maximum Gasteiger partial charge on any atom is 0.0881 e. The zero-order chi connectivity index (χ0) is 14.6. The molecule has 0 amide bonds. The van der Waals surface area contributed by atoms with Crippen LogP contribution in [-0.2, 0) is 0 Å². The lowest BCUT2D eigenvalue weighted by Gasteiger charge is -2.29. The molecule has 0 saturated heterocycles. The fourth-order valence-electron chi connectivity index (χ4n) is 2.40. The molecule has 4 heteroatoms. The second kappa shape index (κ2) is 11.6. The average Bonchev–Trinajstić information content (AvgIpc) is 2.45. The Labute approximate surface area is 118 Å². The van der Waals surface area contributed by atoms with Crippen LogP contribution in [-0.4, -0.2) is 47.2 Å². The first-order chi connectivity index (χ1) is 9.17. The Morgan fingerprint density at radius 2 is 1.42 bits per heavy atom. The van der Waals surface area contributed by atoms with E-state index in [-0.39, 0.29) is 19.8 Å². The van der Waals surface area contributed by atoms with E-state index in [4.69, 9.17) is 0 Å². The van der Waals surface area contributed by atoms with Gasteiger partial charge in [0.1, 0.15) is 0 Å². The molecule has 0 aliphatic rings. The molecule has 1 unspecified atom stereocenters. The summed E-state index contributed by atoms with van der Waals surface area (Å²) in [5.41, 5.74) is -0.927. The molecule has 0 saturated carbocycles. The number of nitrogens with one attached hydrogen (secondary N) is 1. The molecule has 0 radical (unpaired) electrons. The first-order valence-electron chi connectivity index (χ1n) is 7.75. The van der Waals surface area contributed by atoms with Gasteiger partial charge in [0.05, 0.1) is 25.4 Å². The number of unbranched alkanes of at least 4 members (excludes halogenated alkanes) is 1. The van der Waals surface area contributed by atoms with Gasteiger partial charge < -0.3 is 20.6 Å². The monoisotopic (exact) mass is 275 g/mol. The van der Waals surface area contributed by atoms with Crippen molar-refractivity contribution in [3.63, 3.8) is 0 Å². The minimum atomic E-state index is -0.927. The second-order valence-electron chi connectivity index (χ2n) is 5.62. The summed E-state index contributed by atoms with van der Waals surface area (Å²) in [6, 6.07) is 0. The van der Waals surface area contributed by atoms with Gasteiger partial charge in [0.2, 0.25) is 0 Å². The third kappa shape index (κ3) is 7.88. The lowest BCUT2D eigenvalue weighted by Crippen LogP contribution is -2.55. The fourth-order valence-corrected chi connectivity index (χ4v) is 2.40. The van der Waals surface area contributed by atoms with Gasteiger partial charge in [-0.3, -0.25) is 0 Å². The van der Waals surface area contributed by atoms with Crippen LogP contribution in [0.3, 0.4) is 0 Å². The summed E-state index contributed by atoms with van der Waals surface area (Å²) in [5, 5.41) is 30.7. The van der Waals surface area contributed by atoms with E-state index >= 15 is 0 Å². The Balaban J connectivity index is 3.91. The molecule has 1 atom stereocenters. The molecule has 0 aliphatic carbocycles. The SMILES string of the molecule is CCCCC(CCC)CCCNC(CO)(CO)CO. The highest BCUT2D eigenvalue weighted by Crippen LogP contribution is 2.20. The molecule has 0 spiro atoms. The molecule has 0 bridgehead atoms. The van der Waals surface area contributed by atoms with Gasteiger partial charge >= 0.3 is 0 Å². The maximum absolute atomic E-state index is 9.20. The van der Waals surface area contributed by atoms with E-state index < -0.39 is 5.54 Å². The van der Waals surface area contributed by atoms with E-state index in [1.165, 1.54) is 38.5 Å². The van der Waals surface area contributed by atoms with Crippen LogP contribution >= 0.6 is 0 Å². The predicted molar refractivity (Wildman–Crippen MR) is 79.1 cm³/mol. The topological polar surface area (TPSA) is 72.7 Å². The van der Waals surface area contributed by atoms with Crippen molar-refractivity contribution < 1.29 is 15.3 Å². The van der Waals surface area contributed by atoms with Crippen LogP contribution in [0, 0.1) is 5.92 Å². The van der Waals surface area contributed by atoms with E-state index in [0.29, 0.717) is 0 Å². The summed E-state index contributed by atoms with van der Waals surface area (Å²) in [5.74, 6) is 0.790. The van der Waals surface area contributed by atoms with Crippen molar-refractivity contribution in [3.05, 3.63) is 0 Å². The maximum atomic E-state index is 9.20. The number of hydrogen-bond acceptors (Lipinski definition) is 4. The molecule has 0 heterocycles. The summed E-state index contributed by atoms with van der Waals surface area (Å²) >= 11 is 0. The minimum absolute atomic E-state index is 0.242. The average molecular weight is 275 g/mol. The molecule has 116 valence electrons. The Hall–Kier alpha value is -0.160. The summed E-state index contributed by atoms with van der Waals surface area (Å²) in [7, 11) is 0. The van der Waals surface area contributed by atoms with Gasteiger partial charge in [-0.05, 0) is 25.3 Å². The Morgan fingerprint density at radius 1 is 0.842 bits per heavy atom. The molecule has 4 nitrogen and oxygen atoms in total. The molecule has 0 aromatic heterocycles. The van der Waals surface area contributed by atoms with Gasteiger partial charge in [0.15, 0.2) is 0 Å². The number of hydrogen-bond donors (Lipinski definition) is 4. The van der Waals surface area contributed by atoms with Crippen LogP contribution in [0.15, 0.2) is 0 Å². The van der Waals surface area contributed by atoms with Gasteiger partial charge in [-0.25, -0.2) is 0 Å². The first-order valence-corrected chi connectivity index (χ1v) is 7.75. The zero-order valence-corrected chi connectivity index (χ0v) is 12.7. The van der Waals surface area contributed by atoms with Crippen molar-refractivity contribution in [2.75, 3.05) is 26.4 Å². The van der Waals surface area contributed by atoms with E-state index in [9.17, 15) is 15.3 Å². The zero-order valence-electron chi connectivity index (χ0n) is 12.7. The Bertz CT molecular complexity index is 188. The van der Waals surface area contributed by atoms with Gasteiger partial charge in [-0.2, -0.15) is 0 Å². The summed E-state index contributed by atoms with van der Waals surface area (Å²) < 4.78 is 0. The van der Waals surface area contributed by atoms with Crippen LogP contribution < -0.4 is 5.32 Å². The van der Waals surface area contributed by atoms with Crippen molar-refractivity contribution in [1.82, 2.24) is 5.32 Å². The highest BCUT2D eigenvalue weighted by Gasteiger charge is 2.26. The lowest BCUT2D eigenvalue weighted by atomic mass is 9.92. The smallest absolute Gasteiger partial charge is 0.0881 e. The highest BCUT2D eigenvalue weighted by molar-refractivity contribution is 4.86. The van der Waals surface area contributed by atoms with E-state index in [2.05, 4.69) is 19.2 Å². The molecule has 0 aromatic carbocycles.